The van der Waals surface area contributed by atoms with Crippen LogP contribution < -0.4 is 10.9 Å². The highest BCUT2D eigenvalue weighted by molar-refractivity contribution is 5.76. The molecule has 0 amide bonds. The molecule has 4 N–H and O–H groups in total. The fourth-order valence-electron chi connectivity index (χ4n) is 2.44. The van der Waals surface area contributed by atoms with Crippen LogP contribution in [0.1, 0.15) is 12.6 Å². The zero-order valence-electron chi connectivity index (χ0n) is 10.9. The van der Waals surface area contributed by atoms with Gasteiger partial charge in [-0.15, -0.1) is 0 Å². The van der Waals surface area contributed by atoms with Crippen LogP contribution >= 0.6 is 0 Å². The maximum Gasteiger partial charge on any atom is 0.261 e. The van der Waals surface area contributed by atoms with Gasteiger partial charge in [-0.3, -0.25) is 9.78 Å². The number of aromatic nitrogens is 3. The zero-order valence-corrected chi connectivity index (χ0v) is 10.9. The van der Waals surface area contributed by atoms with Crippen molar-refractivity contribution in [1.29, 1.82) is 0 Å². The highest BCUT2D eigenvalue weighted by Gasteiger charge is 2.35. The molecule has 1 fully saturated rings. The predicted molar refractivity (Wildman–Crippen MR) is 71.5 cm³/mol. The molecule has 0 aliphatic carbocycles. The molecule has 2 unspecified atom stereocenters. The SMILES string of the molecule is CNc1nc2c(ccn2C2C[C@@H](O)C(CO)O2)c(=O)[nH]1. The van der Waals surface area contributed by atoms with Crippen LogP contribution in [-0.4, -0.2) is 50.6 Å². The minimum Gasteiger partial charge on any atom is -0.394 e. The summed E-state index contributed by atoms with van der Waals surface area (Å²) in [4.78, 5) is 18.8. The molecule has 2 aromatic rings. The molecule has 8 heteroatoms. The van der Waals surface area contributed by atoms with Gasteiger partial charge in [0.2, 0.25) is 5.95 Å². The number of aliphatic hydroxyl groups is 2. The molecule has 8 nitrogen and oxygen atoms in total. The standard InChI is InChI=1S/C12H16N4O4/c1-13-12-14-10-6(11(19)15-12)2-3-16(10)9-4-7(18)8(5-17)20-9/h2-3,7-9,17-18H,4-5H2,1H3,(H2,13,14,15,19)/t7-,8?,9?/m1/s1. The first-order chi connectivity index (χ1) is 9.63. The molecule has 1 saturated heterocycles. The molecule has 20 heavy (non-hydrogen) atoms. The monoisotopic (exact) mass is 280 g/mol. The van der Waals surface area contributed by atoms with Gasteiger partial charge in [-0.05, 0) is 6.07 Å². The molecule has 2 aromatic heterocycles. The maximum atomic E-state index is 11.9. The second kappa shape index (κ2) is 4.89. The van der Waals surface area contributed by atoms with Crippen molar-refractivity contribution in [2.24, 2.45) is 0 Å². The summed E-state index contributed by atoms with van der Waals surface area (Å²) in [7, 11) is 1.66. The summed E-state index contributed by atoms with van der Waals surface area (Å²) in [6.07, 6.45) is 0.261. The smallest absolute Gasteiger partial charge is 0.261 e. The Morgan fingerprint density at radius 2 is 2.45 bits per heavy atom. The summed E-state index contributed by atoms with van der Waals surface area (Å²) in [5.41, 5.74) is 0.240. The number of aliphatic hydroxyl groups excluding tert-OH is 2. The first-order valence-electron chi connectivity index (χ1n) is 6.37. The van der Waals surface area contributed by atoms with Crippen LogP contribution in [0.5, 0.6) is 0 Å². The van der Waals surface area contributed by atoms with Gasteiger partial charge in [0.15, 0.2) is 5.65 Å². The van der Waals surface area contributed by atoms with Crippen molar-refractivity contribution in [3.8, 4) is 0 Å². The second-order valence-electron chi connectivity index (χ2n) is 4.74. The number of hydrogen-bond donors (Lipinski definition) is 4. The largest absolute Gasteiger partial charge is 0.394 e. The number of H-pyrrole nitrogens is 1. The van der Waals surface area contributed by atoms with Crippen molar-refractivity contribution >= 4 is 17.0 Å². The lowest BCUT2D eigenvalue weighted by Crippen LogP contribution is -2.24. The van der Waals surface area contributed by atoms with Crippen LogP contribution in [0.3, 0.4) is 0 Å². The first-order valence-corrected chi connectivity index (χ1v) is 6.37. The summed E-state index contributed by atoms with van der Waals surface area (Å²) in [5, 5.41) is 22.1. The Balaban J connectivity index is 2.05. The number of ether oxygens (including phenoxy) is 1. The third kappa shape index (κ3) is 1.98. The number of nitrogens with zero attached hydrogens (tertiary/aromatic N) is 2. The quantitative estimate of drug-likeness (QED) is 0.597. The highest BCUT2D eigenvalue weighted by Crippen LogP contribution is 2.30. The molecule has 0 saturated carbocycles. The van der Waals surface area contributed by atoms with E-state index in [1.807, 2.05) is 0 Å². The van der Waals surface area contributed by atoms with Crippen molar-refractivity contribution in [3.63, 3.8) is 0 Å². The summed E-state index contributed by atoms with van der Waals surface area (Å²) >= 11 is 0. The second-order valence-corrected chi connectivity index (χ2v) is 4.74. The number of aromatic amines is 1. The third-order valence-electron chi connectivity index (χ3n) is 3.51. The number of fused-ring (bicyclic) bond motifs is 1. The van der Waals surface area contributed by atoms with E-state index < -0.39 is 18.4 Å². The minimum atomic E-state index is -0.729. The van der Waals surface area contributed by atoms with Crippen molar-refractivity contribution in [1.82, 2.24) is 14.5 Å². The summed E-state index contributed by atoms with van der Waals surface area (Å²) < 4.78 is 7.28. The van der Waals surface area contributed by atoms with Gasteiger partial charge in [0.1, 0.15) is 12.3 Å². The zero-order chi connectivity index (χ0) is 14.3. The normalized spacial score (nSPS) is 26.2. The van der Waals surface area contributed by atoms with Gasteiger partial charge >= 0.3 is 0 Å². The Hall–Kier alpha value is -1.90. The molecule has 0 radical (unpaired) electrons. The third-order valence-corrected chi connectivity index (χ3v) is 3.51. The fraction of sp³-hybridized carbons (Fsp3) is 0.500. The lowest BCUT2D eigenvalue weighted by Gasteiger charge is -2.14. The number of anilines is 1. The van der Waals surface area contributed by atoms with Crippen LogP contribution in [0.2, 0.25) is 0 Å². The van der Waals surface area contributed by atoms with Crippen molar-refractivity contribution in [2.45, 2.75) is 24.9 Å². The molecule has 1 aliphatic rings. The number of nitrogens with one attached hydrogen (secondary N) is 2. The van der Waals surface area contributed by atoms with Crippen LogP contribution in [0.25, 0.3) is 11.0 Å². The van der Waals surface area contributed by atoms with Gasteiger partial charge in [-0.2, -0.15) is 4.98 Å². The molecule has 0 spiro atoms. The van der Waals surface area contributed by atoms with E-state index in [4.69, 9.17) is 9.84 Å². The number of rotatable bonds is 3. The van der Waals surface area contributed by atoms with E-state index >= 15 is 0 Å². The van der Waals surface area contributed by atoms with Gasteiger partial charge in [0, 0.05) is 19.7 Å². The van der Waals surface area contributed by atoms with Gasteiger partial charge < -0.3 is 24.8 Å². The van der Waals surface area contributed by atoms with E-state index in [9.17, 15) is 9.90 Å². The molecule has 108 valence electrons. The molecule has 3 rings (SSSR count). The van der Waals surface area contributed by atoms with Crippen LogP contribution in [-0.2, 0) is 4.74 Å². The van der Waals surface area contributed by atoms with Gasteiger partial charge in [0.05, 0.1) is 18.1 Å². The predicted octanol–water partition coefficient (Wildman–Crippen LogP) is -0.593. The van der Waals surface area contributed by atoms with Crippen molar-refractivity contribution < 1.29 is 14.9 Å². The maximum absolute atomic E-state index is 11.9. The van der Waals surface area contributed by atoms with Crippen LogP contribution in [0.4, 0.5) is 5.95 Å². The Bertz CT molecular complexity index is 680. The van der Waals surface area contributed by atoms with Gasteiger partial charge in [-0.1, -0.05) is 0 Å². The average Bonchev–Trinajstić information content (AvgIpc) is 3.01. The minimum absolute atomic E-state index is 0.240. The molecule has 3 heterocycles. The van der Waals surface area contributed by atoms with Crippen molar-refractivity contribution in [2.75, 3.05) is 19.0 Å². The first kappa shape index (κ1) is 13.1. The molecule has 3 atom stereocenters. The molecular weight excluding hydrogens is 264 g/mol. The van der Waals surface area contributed by atoms with Crippen LogP contribution in [0.15, 0.2) is 17.1 Å². The molecular formula is C12H16N4O4. The van der Waals surface area contributed by atoms with E-state index in [1.165, 1.54) is 0 Å². The molecule has 0 aromatic carbocycles. The Labute approximate surface area is 114 Å². The number of hydrogen-bond acceptors (Lipinski definition) is 6. The molecule has 0 bridgehead atoms. The summed E-state index contributed by atoms with van der Waals surface area (Å²) in [6.45, 7) is -0.243. The van der Waals surface area contributed by atoms with E-state index in [-0.39, 0.29) is 12.2 Å². The Kier molecular flexibility index (Phi) is 3.20. The lowest BCUT2D eigenvalue weighted by molar-refractivity contribution is -0.0430. The summed E-state index contributed by atoms with van der Waals surface area (Å²) in [6, 6.07) is 1.66. The van der Waals surface area contributed by atoms with E-state index in [1.54, 1.807) is 23.9 Å². The summed E-state index contributed by atoms with van der Waals surface area (Å²) in [5.74, 6) is 0.361. The van der Waals surface area contributed by atoms with E-state index in [2.05, 4.69) is 15.3 Å². The average molecular weight is 280 g/mol. The Morgan fingerprint density at radius 3 is 3.10 bits per heavy atom. The van der Waals surface area contributed by atoms with Gasteiger partial charge in [0.25, 0.3) is 5.56 Å². The Morgan fingerprint density at radius 1 is 1.65 bits per heavy atom. The van der Waals surface area contributed by atoms with Crippen LogP contribution in [0, 0.1) is 0 Å². The topological polar surface area (TPSA) is 112 Å². The van der Waals surface area contributed by atoms with E-state index in [0.717, 1.165) is 0 Å². The lowest BCUT2D eigenvalue weighted by atomic mass is 10.2. The van der Waals surface area contributed by atoms with Crippen molar-refractivity contribution in [3.05, 3.63) is 22.6 Å². The van der Waals surface area contributed by atoms with E-state index in [0.29, 0.717) is 23.4 Å². The fourth-order valence-corrected chi connectivity index (χ4v) is 2.44. The highest BCUT2D eigenvalue weighted by atomic mass is 16.5. The molecule has 1 aliphatic heterocycles. The van der Waals surface area contributed by atoms with Gasteiger partial charge in [-0.25, -0.2) is 0 Å².